The minimum absolute atomic E-state index is 0.185. The summed E-state index contributed by atoms with van der Waals surface area (Å²) in [5.74, 6) is -0.433. The lowest BCUT2D eigenvalue weighted by Gasteiger charge is -2.08. The topological polar surface area (TPSA) is 73.4 Å². The molecular weight excluding hydrogens is 311 g/mol. The number of nitrogens with zero attached hydrogens (tertiary/aromatic N) is 4. The molecule has 2 aromatic heterocycles. The molecule has 0 bridgehead atoms. The van der Waals surface area contributed by atoms with E-state index in [2.05, 4.69) is 10.3 Å². The Balaban J connectivity index is 1.76. The van der Waals surface area contributed by atoms with E-state index in [1.807, 2.05) is 6.19 Å². The molecule has 0 radical (unpaired) electrons. The molecule has 1 amide bonds. The Kier molecular flexibility index (Phi) is 3.60. The number of fused-ring (bicyclic) bond motifs is 1. The van der Waals surface area contributed by atoms with Crippen molar-refractivity contribution in [3.63, 3.8) is 0 Å². The lowest BCUT2D eigenvalue weighted by atomic mass is 10.1. The van der Waals surface area contributed by atoms with Gasteiger partial charge in [-0.15, -0.1) is 0 Å². The van der Waals surface area contributed by atoms with Crippen LogP contribution in [0.3, 0.4) is 0 Å². The molecule has 0 spiro atoms. The van der Waals surface area contributed by atoms with E-state index in [1.165, 1.54) is 21.6 Å². The molecule has 1 atom stereocenters. The minimum Gasteiger partial charge on any atom is -0.310 e. The fourth-order valence-electron chi connectivity index (χ4n) is 2.51. The van der Waals surface area contributed by atoms with Crippen LogP contribution >= 0.6 is 0 Å². The lowest BCUT2D eigenvalue weighted by Crippen LogP contribution is -2.25. The summed E-state index contributed by atoms with van der Waals surface area (Å²) in [6.45, 7) is 0.864. The summed E-state index contributed by atoms with van der Waals surface area (Å²) < 4.78 is 39.2. The number of likely N-dealkylation sites (tertiary alicyclic amines) is 1. The minimum atomic E-state index is -4.44. The van der Waals surface area contributed by atoms with E-state index in [0.29, 0.717) is 25.2 Å². The number of nitriles is 1. The van der Waals surface area contributed by atoms with Crippen LogP contribution in [0.2, 0.25) is 0 Å². The van der Waals surface area contributed by atoms with Gasteiger partial charge in [-0.05, 0) is 18.6 Å². The van der Waals surface area contributed by atoms with Gasteiger partial charge in [-0.25, -0.2) is 4.98 Å². The monoisotopic (exact) mass is 323 g/mol. The third kappa shape index (κ3) is 3.06. The molecule has 1 saturated heterocycles. The van der Waals surface area contributed by atoms with Gasteiger partial charge in [0, 0.05) is 19.3 Å². The van der Waals surface area contributed by atoms with E-state index in [1.54, 1.807) is 0 Å². The number of anilines is 1. The van der Waals surface area contributed by atoms with Crippen molar-refractivity contribution in [3.8, 4) is 6.19 Å². The van der Waals surface area contributed by atoms with E-state index >= 15 is 0 Å². The van der Waals surface area contributed by atoms with Crippen molar-refractivity contribution in [2.45, 2.75) is 12.6 Å². The van der Waals surface area contributed by atoms with Crippen LogP contribution in [0.25, 0.3) is 5.65 Å². The molecule has 0 saturated carbocycles. The highest BCUT2D eigenvalue weighted by molar-refractivity contribution is 5.92. The molecule has 1 N–H and O–H groups in total. The number of alkyl halides is 3. The number of carbonyl (C=O) groups is 1. The first-order valence-corrected chi connectivity index (χ1v) is 6.88. The van der Waals surface area contributed by atoms with Gasteiger partial charge in [0.25, 0.3) is 0 Å². The molecule has 1 fully saturated rings. The third-order valence-electron chi connectivity index (χ3n) is 3.73. The molecular formula is C14H12F3N5O. The average molecular weight is 323 g/mol. The Morgan fingerprint density at radius 3 is 2.83 bits per heavy atom. The highest BCUT2D eigenvalue weighted by Crippen LogP contribution is 2.29. The average Bonchev–Trinajstić information content (AvgIpc) is 3.11. The number of pyridine rings is 1. The number of imidazole rings is 1. The smallest absolute Gasteiger partial charge is 0.310 e. The SMILES string of the molecule is N#CN1CCC(C(=O)Nc2cn3cc(C(F)(F)F)ccc3n2)C1. The number of hydrogen-bond donors (Lipinski definition) is 1. The van der Waals surface area contributed by atoms with E-state index in [-0.39, 0.29) is 17.6 Å². The van der Waals surface area contributed by atoms with Gasteiger partial charge < -0.3 is 14.6 Å². The van der Waals surface area contributed by atoms with Gasteiger partial charge in [0.1, 0.15) is 5.65 Å². The number of nitrogens with one attached hydrogen (secondary N) is 1. The van der Waals surface area contributed by atoms with Gasteiger partial charge in [0.2, 0.25) is 5.91 Å². The zero-order valence-corrected chi connectivity index (χ0v) is 11.8. The zero-order chi connectivity index (χ0) is 16.6. The molecule has 23 heavy (non-hydrogen) atoms. The molecule has 6 nitrogen and oxygen atoms in total. The largest absolute Gasteiger partial charge is 0.417 e. The molecule has 2 aromatic rings. The van der Waals surface area contributed by atoms with Crippen LogP contribution in [0.4, 0.5) is 19.0 Å². The van der Waals surface area contributed by atoms with Crippen molar-refractivity contribution in [2.75, 3.05) is 18.4 Å². The fourth-order valence-corrected chi connectivity index (χ4v) is 2.51. The van der Waals surface area contributed by atoms with E-state index in [9.17, 15) is 18.0 Å². The number of halogens is 3. The van der Waals surface area contributed by atoms with Crippen LogP contribution in [0.1, 0.15) is 12.0 Å². The highest BCUT2D eigenvalue weighted by atomic mass is 19.4. The van der Waals surface area contributed by atoms with Gasteiger partial charge in [-0.3, -0.25) is 4.79 Å². The first kappa shape index (κ1) is 15.1. The fraction of sp³-hybridized carbons (Fsp3) is 0.357. The second kappa shape index (κ2) is 5.46. The number of amides is 1. The van der Waals surface area contributed by atoms with Crippen LogP contribution in [-0.4, -0.2) is 33.3 Å². The highest BCUT2D eigenvalue weighted by Gasteiger charge is 2.31. The normalized spacial score (nSPS) is 18.2. The molecule has 1 aliphatic heterocycles. The Hall–Kier alpha value is -2.76. The zero-order valence-electron chi connectivity index (χ0n) is 11.8. The maximum absolute atomic E-state index is 12.7. The molecule has 0 aromatic carbocycles. The number of hydrogen-bond acceptors (Lipinski definition) is 4. The summed E-state index contributed by atoms with van der Waals surface area (Å²) >= 11 is 0. The Bertz CT molecular complexity index is 792. The van der Waals surface area contributed by atoms with Gasteiger partial charge in [-0.1, -0.05) is 0 Å². The maximum Gasteiger partial charge on any atom is 0.417 e. The first-order valence-electron chi connectivity index (χ1n) is 6.88. The van der Waals surface area contributed by atoms with Gasteiger partial charge >= 0.3 is 6.18 Å². The lowest BCUT2D eigenvalue weighted by molar-refractivity contribution is -0.137. The molecule has 1 aliphatic rings. The number of carbonyl (C=O) groups excluding carboxylic acids is 1. The quantitative estimate of drug-likeness (QED) is 0.859. The van der Waals surface area contributed by atoms with Crippen molar-refractivity contribution in [1.82, 2.24) is 14.3 Å². The van der Waals surface area contributed by atoms with Crippen molar-refractivity contribution in [1.29, 1.82) is 5.26 Å². The molecule has 120 valence electrons. The number of aromatic nitrogens is 2. The standard InChI is InChI=1S/C14H12F3N5O/c15-14(16,17)10-1-2-12-19-11(7-22(12)6-10)20-13(23)9-3-4-21(5-9)8-18/h1-2,6-7,9H,3-5H2,(H,20,23). The summed E-state index contributed by atoms with van der Waals surface area (Å²) in [6, 6.07) is 2.18. The first-order chi connectivity index (χ1) is 10.9. The maximum atomic E-state index is 12.7. The molecule has 0 aliphatic carbocycles. The van der Waals surface area contributed by atoms with Crippen LogP contribution in [0.15, 0.2) is 24.5 Å². The van der Waals surface area contributed by atoms with Crippen molar-refractivity contribution < 1.29 is 18.0 Å². The molecule has 3 rings (SSSR count). The van der Waals surface area contributed by atoms with E-state index in [4.69, 9.17) is 5.26 Å². The van der Waals surface area contributed by atoms with E-state index < -0.39 is 11.7 Å². The van der Waals surface area contributed by atoms with Crippen LogP contribution < -0.4 is 5.32 Å². The summed E-state index contributed by atoms with van der Waals surface area (Å²) in [5.41, 5.74) is -0.487. The predicted octanol–water partition coefficient (Wildman–Crippen LogP) is 2.09. The molecule has 9 heteroatoms. The van der Waals surface area contributed by atoms with Gasteiger partial charge in [0.15, 0.2) is 12.0 Å². The Morgan fingerprint density at radius 2 is 2.17 bits per heavy atom. The van der Waals surface area contributed by atoms with Crippen molar-refractivity contribution in [3.05, 3.63) is 30.1 Å². The summed E-state index contributed by atoms with van der Waals surface area (Å²) in [4.78, 5) is 17.7. The van der Waals surface area contributed by atoms with Crippen molar-refractivity contribution >= 4 is 17.4 Å². The van der Waals surface area contributed by atoms with Crippen LogP contribution in [-0.2, 0) is 11.0 Å². The molecule has 1 unspecified atom stereocenters. The van der Waals surface area contributed by atoms with Crippen molar-refractivity contribution in [2.24, 2.45) is 5.92 Å². The number of rotatable bonds is 2. The summed E-state index contributed by atoms with van der Waals surface area (Å²) in [7, 11) is 0. The second-order valence-electron chi connectivity index (χ2n) is 5.33. The van der Waals surface area contributed by atoms with Crippen LogP contribution in [0.5, 0.6) is 0 Å². The summed E-state index contributed by atoms with van der Waals surface area (Å²) in [6.07, 6.45) is 0.358. The second-order valence-corrected chi connectivity index (χ2v) is 5.33. The summed E-state index contributed by atoms with van der Waals surface area (Å²) in [5, 5.41) is 11.4. The van der Waals surface area contributed by atoms with Gasteiger partial charge in [-0.2, -0.15) is 18.4 Å². The Morgan fingerprint density at radius 1 is 1.39 bits per heavy atom. The van der Waals surface area contributed by atoms with Crippen LogP contribution in [0, 0.1) is 17.4 Å². The van der Waals surface area contributed by atoms with E-state index in [0.717, 1.165) is 12.3 Å². The molecule has 3 heterocycles. The third-order valence-corrected chi connectivity index (χ3v) is 3.73. The van der Waals surface area contributed by atoms with Gasteiger partial charge in [0.05, 0.1) is 17.7 Å². The predicted molar refractivity (Wildman–Crippen MR) is 74.1 cm³/mol. The Labute approximate surface area is 129 Å².